The van der Waals surface area contributed by atoms with Crippen molar-refractivity contribution in [3.63, 3.8) is 0 Å². The maximum Gasteiger partial charge on any atom is 0.244 e. The molecular formula is C13H21N7O. The molecule has 1 atom stereocenters. The summed E-state index contributed by atoms with van der Waals surface area (Å²) in [5.41, 5.74) is 1.25. The first-order valence-corrected chi connectivity index (χ1v) is 7.03. The Hall–Kier alpha value is -2.38. The first-order chi connectivity index (χ1) is 10.1. The zero-order chi connectivity index (χ0) is 15.4. The van der Waals surface area contributed by atoms with Crippen molar-refractivity contribution in [2.45, 2.75) is 26.8 Å². The third-order valence-electron chi connectivity index (χ3n) is 3.19. The van der Waals surface area contributed by atoms with E-state index in [-0.39, 0.29) is 11.9 Å². The number of likely N-dealkylation sites (N-methyl/N-ethyl adjacent to an activating group) is 1. The summed E-state index contributed by atoms with van der Waals surface area (Å²) in [7, 11) is 1.77. The van der Waals surface area contributed by atoms with E-state index in [0.717, 1.165) is 0 Å². The Labute approximate surface area is 123 Å². The van der Waals surface area contributed by atoms with Crippen molar-refractivity contribution in [1.82, 2.24) is 24.8 Å². The number of hydrogen-bond donors (Lipinski definition) is 3. The molecule has 114 valence electrons. The van der Waals surface area contributed by atoms with E-state index in [4.69, 9.17) is 0 Å². The van der Waals surface area contributed by atoms with Crippen LogP contribution in [0.15, 0.2) is 6.33 Å². The summed E-state index contributed by atoms with van der Waals surface area (Å²) in [6.07, 6.45) is 1.56. The minimum Gasteiger partial charge on any atom is -0.357 e. The number of H-pyrrole nitrogens is 1. The molecule has 8 heteroatoms. The minimum absolute atomic E-state index is 0.00813. The van der Waals surface area contributed by atoms with E-state index in [1.54, 1.807) is 18.3 Å². The van der Waals surface area contributed by atoms with Gasteiger partial charge in [0, 0.05) is 20.1 Å². The Morgan fingerprint density at radius 1 is 1.43 bits per heavy atom. The Morgan fingerprint density at radius 2 is 2.19 bits per heavy atom. The van der Waals surface area contributed by atoms with Crippen LogP contribution in [-0.2, 0) is 4.79 Å². The van der Waals surface area contributed by atoms with Gasteiger partial charge >= 0.3 is 0 Å². The van der Waals surface area contributed by atoms with Crippen LogP contribution in [0.2, 0.25) is 0 Å². The quantitative estimate of drug-likeness (QED) is 0.736. The van der Waals surface area contributed by atoms with Crippen molar-refractivity contribution in [3.05, 3.63) is 6.33 Å². The summed E-state index contributed by atoms with van der Waals surface area (Å²) >= 11 is 0. The largest absolute Gasteiger partial charge is 0.357 e. The van der Waals surface area contributed by atoms with Crippen LogP contribution < -0.4 is 10.6 Å². The van der Waals surface area contributed by atoms with Gasteiger partial charge in [0.15, 0.2) is 11.5 Å². The number of rotatable bonds is 6. The minimum atomic E-state index is -0.383. The number of aromatic amines is 1. The zero-order valence-corrected chi connectivity index (χ0v) is 12.8. The van der Waals surface area contributed by atoms with E-state index in [0.29, 0.717) is 36.0 Å². The van der Waals surface area contributed by atoms with Crippen LogP contribution in [0.5, 0.6) is 0 Å². The summed E-state index contributed by atoms with van der Waals surface area (Å²) in [5, 5.41) is 6.19. The fraction of sp³-hybridized carbons (Fsp3) is 0.538. The molecule has 2 heterocycles. The molecule has 0 fully saturated rings. The second-order valence-electron chi connectivity index (χ2n) is 4.75. The maximum absolute atomic E-state index is 12.1. The highest BCUT2D eigenvalue weighted by Crippen LogP contribution is 2.19. The first kappa shape index (κ1) is 15.0. The van der Waals surface area contributed by atoms with Gasteiger partial charge in [0.25, 0.3) is 0 Å². The number of fused-ring (bicyclic) bond motifs is 1. The number of imidazole rings is 1. The number of nitrogens with zero attached hydrogens (tertiary/aromatic N) is 4. The molecule has 0 aliphatic carbocycles. The summed E-state index contributed by atoms with van der Waals surface area (Å²) < 4.78 is 0. The monoisotopic (exact) mass is 291 g/mol. The highest BCUT2D eigenvalue weighted by atomic mass is 16.2. The van der Waals surface area contributed by atoms with Gasteiger partial charge < -0.3 is 20.5 Å². The summed E-state index contributed by atoms with van der Waals surface area (Å²) in [6.45, 7) is 7.09. The van der Waals surface area contributed by atoms with Gasteiger partial charge in [-0.2, -0.15) is 9.97 Å². The molecule has 0 spiro atoms. The standard InChI is InChI=1S/C13H21N7O/c1-5-14-13-18-10-9(15-7-16-10)11(19-13)17-8(3)12(21)20(4)6-2/h7-8H,5-6H2,1-4H3,(H3,14,15,16,17,18,19). The van der Waals surface area contributed by atoms with Crippen LogP contribution in [0.25, 0.3) is 11.2 Å². The third-order valence-corrected chi connectivity index (χ3v) is 3.19. The van der Waals surface area contributed by atoms with Crippen LogP contribution in [-0.4, -0.2) is 56.9 Å². The molecule has 0 saturated heterocycles. The van der Waals surface area contributed by atoms with E-state index in [2.05, 4.69) is 30.6 Å². The molecule has 0 aliphatic heterocycles. The molecule has 2 aromatic heterocycles. The normalized spacial score (nSPS) is 12.2. The van der Waals surface area contributed by atoms with Crippen molar-refractivity contribution in [1.29, 1.82) is 0 Å². The molecule has 0 aromatic carbocycles. The molecule has 0 bridgehead atoms. The Kier molecular flexibility index (Phi) is 4.56. The number of nitrogens with one attached hydrogen (secondary N) is 3. The summed E-state index contributed by atoms with van der Waals surface area (Å²) in [5.74, 6) is 1.07. The SMILES string of the molecule is CCNc1nc(NC(C)C(=O)N(C)CC)c2[nH]cnc2n1. The van der Waals surface area contributed by atoms with Crippen molar-refractivity contribution in [2.75, 3.05) is 30.8 Å². The van der Waals surface area contributed by atoms with Crippen LogP contribution in [0.4, 0.5) is 11.8 Å². The van der Waals surface area contributed by atoms with E-state index in [1.807, 2.05) is 20.8 Å². The number of amides is 1. The van der Waals surface area contributed by atoms with Gasteiger partial charge in [-0.15, -0.1) is 0 Å². The average molecular weight is 291 g/mol. The lowest BCUT2D eigenvalue weighted by molar-refractivity contribution is -0.130. The lowest BCUT2D eigenvalue weighted by Gasteiger charge is -2.21. The van der Waals surface area contributed by atoms with E-state index in [9.17, 15) is 4.79 Å². The van der Waals surface area contributed by atoms with Gasteiger partial charge in [-0.25, -0.2) is 4.98 Å². The van der Waals surface area contributed by atoms with Gasteiger partial charge in [0.05, 0.1) is 6.33 Å². The second kappa shape index (κ2) is 6.38. The molecule has 3 N–H and O–H groups in total. The van der Waals surface area contributed by atoms with Crippen molar-refractivity contribution in [3.8, 4) is 0 Å². The highest BCUT2D eigenvalue weighted by molar-refractivity contribution is 5.89. The smallest absolute Gasteiger partial charge is 0.244 e. The van der Waals surface area contributed by atoms with Crippen LogP contribution in [0.1, 0.15) is 20.8 Å². The molecule has 2 aromatic rings. The molecule has 21 heavy (non-hydrogen) atoms. The lowest BCUT2D eigenvalue weighted by atomic mass is 10.3. The van der Waals surface area contributed by atoms with Gasteiger partial charge in [0.1, 0.15) is 11.6 Å². The Morgan fingerprint density at radius 3 is 2.86 bits per heavy atom. The molecule has 0 radical (unpaired) electrons. The summed E-state index contributed by atoms with van der Waals surface area (Å²) in [6, 6.07) is -0.383. The molecule has 1 unspecified atom stereocenters. The number of carbonyl (C=O) groups is 1. The predicted octanol–water partition coefficient (Wildman–Crippen LogP) is 1.06. The Balaban J connectivity index is 2.28. The number of anilines is 2. The summed E-state index contributed by atoms with van der Waals surface area (Å²) in [4.78, 5) is 29.6. The van der Waals surface area contributed by atoms with Crippen molar-refractivity contribution in [2.24, 2.45) is 0 Å². The van der Waals surface area contributed by atoms with E-state index >= 15 is 0 Å². The molecule has 0 aliphatic rings. The molecule has 0 saturated carbocycles. The van der Waals surface area contributed by atoms with Gasteiger partial charge in [-0.3, -0.25) is 4.79 Å². The van der Waals surface area contributed by atoms with Crippen LogP contribution in [0, 0.1) is 0 Å². The maximum atomic E-state index is 12.1. The number of aromatic nitrogens is 4. The average Bonchev–Trinajstić information content (AvgIpc) is 2.94. The molecule has 8 nitrogen and oxygen atoms in total. The van der Waals surface area contributed by atoms with Gasteiger partial charge in [-0.1, -0.05) is 0 Å². The zero-order valence-electron chi connectivity index (χ0n) is 12.8. The van der Waals surface area contributed by atoms with Crippen molar-refractivity contribution < 1.29 is 4.79 Å². The first-order valence-electron chi connectivity index (χ1n) is 7.03. The van der Waals surface area contributed by atoms with E-state index < -0.39 is 0 Å². The fourth-order valence-electron chi connectivity index (χ4n) is 1.93. The topological polar surface area (TPSA) is 98.8 Å². The molecule has 2 rings (SSSR count). The number of hydrogen-bond acceptors (Lipinski definition) is 6. The lowest BCUT2D eigenvalue weighted by Crippen LogP contribution is -2.39. The Bertz CT molecular complexity index is 624. The number of carbonyl (C=O) groups excluding carboxylic acids is 1. The second-order valence-corrected chi connectivity index (χ2v) is 4.75. The highest BCUT2D eigenvalue weighted by Gasteiger charge is 2.19. The van der Waals surface area contributed by atoms with Crippen LogP contribution in [0.3, 0.4) is 0 Å². The van der Waals surface area contributed by atoms with Crippen molar-refractivity contribution >= 4 is 28.8 Å². The third kappa shape index (κ3) is 3.21. The van der Waals surface area contributed by atoms with Gasteiger partial charge in [0.2, 0.25) is 11.9 Å². The van der Waals surface area contributed by atoms with E-state index in [1.165, 1.54) is 0 Å². The molecular weight excluding hydrogens is 270 g/mol. The van der Waals surface area contributed by atoms with Crippen LogP contribution >= 0.6 is 0 Å². The van der Waals surface area contributed by atoms with Gasteiger partial charge in [-0.05, 0) is 20.8 Å². The molecule has 1 amide bonds. The fourth-order valence-corrected chi connectivity index (χ4v) is 1.93. The predicted molar refractivity (Wildman–Crippen MR) is 82.2 cm³/mol.